The lowest BCUT2D eigenvalue weighted by molar-refractivity contribution is 0.121. The zero-order valence-corrected chi connectivity index (χ0v) is 18.0. The SMILES string of the molecule is Cc1cccc(C=Cc2c(C(O)(c3ccccc3)c3ccccc3)[nH]c3ccccc23)c1. The van der Waals surface area contributed by atoms with Crippen LogP contribution < -0.4 is 0 Å². The molecule has 2 heteroatoms. The Labute approximate surface area is 188 Å². The van der Waals surface area contributed by atoms with E-state index in [2.05, 4.69) is 60.5 Å². The Bertz CT molecular complexity index is 1340. The molecule has 0 amide bonds. The number of aryl methyl sites for hydroxylation is 1. The van der Waals surface area contributed by atoms with Crippen LogP contribution in [-0.2, 0) is 5.60 Å². The largest absolute Gasteiger partial charge is 0.375 e. The van der Waals surface area contributed by atoms with Crippen LogP contribution in [0.1, 0.15) is 33.5 Å². The first kappa shape index (κ1) is 20.0. The molecular weight excluding hydrogens is 390 g/mol. The molecule has 0 saturated carbocycles. The smallest absolute Gasteiger partial charge is 0.155 e. The molecule has 0 bridgehead atoms. The number of nitrogens with one attached hydrogen (secondary N) is 1. The highest BCUT2D eigenvalue weighted by molar-refractivity contribution is 5.94. The number of fused-ring (bicyclic) bond motifs is 1. The van der Waals surface area contributed by atoms with Crippen molar-refractivity contribution < 1.29 is 5.11 Å². The molecule has 0 fully saturated rings. The molecule has 2 N–H and O–H groups in total. The number of hydrogen-bond donors (Lipinski definition) is 2. The van der Waals surface area contributed by atoms with Crippen LogP contribution in [0.25, 0.3) is 23.1 Å². The maximum Gasteiger partial charge on any atom is 0.155 e. The van der Waals surface area contributed by atoms with Crippen molar-refractivity contribution in [1.82, 2.24) is 4.98 Å². The summed E-state index contributed by atoms with van der Waals surface area (Å²) in [5.41, 5.74) is 5.41. The molecule has 5 aromatic rings. The number of aromatic amines is 1. The molecule has 156 valence electrons. The van der Waals surface area contributed by atoms with E-state index in [9.17, 15) is 5.11 Å². The van der Waals surface area contributed by atoms with Crippen LogP contribution in [0.5, 0.6) is 0 Å². The monoisotopic (exact) mass is 415 g/mol. The van der Waals surface area contributed by atoms with E-state index in [4.69, 9.17) is 0 Å². The first-order chi connectivity index (χ1) is 15.7. The second-order valence-electron chi connectivity index (χ2n) is 8.15. The highest BCUT2D eigenvalue weighted by Gasteiger charge is 2.37. The van der Waals surface area contributed by atoms with Crippen molar-refractivity contribution in [2.45, 2.75) is 12.5 Å². The Morgan fingerprint density at radius 3 is 1.97 bits per heavy atom. The van der Waals surface area contributed by atoms with Gasteiger partial charge in [0.05, 0.1) is 5.69 Å². The number of hydrogen-bond acceptors (Lipinski definition) is 1. The topological polar surface area (TPSA) is 36.0 Å². The lowest BCUT2D eigenvalue weighted by atomic mass is 9.81. The predicted octanol–water partition coefficient (Wildman–Crippen LogP) is 6.93. The zero-order valence-electron chi connectivity index (χ0n) is 18.0. The predicted molar refractivity (Wildman–Crippen MR) is 133 cm³/mol. The first-order valence-electron chi connectivity index (χ1n) is 10.9. The Balaban J connectivity index is 1.77. The molecule has 5 rings (SSSR count). The summed E-state index contributed by atoms with van der Waals surface area (Å²) in [6, 6.07) is 36.3. The van der Waals surface area contributed by atoms with Crippen LogP contribution in [0, 0.1) is 6.92 Å². The number of aliphatic hydroxyl groups is 1. The molecule has 0 radical (unpaired) electrons. The molecule has 4 aromatic carbocycles. The van der Waals surface area contributed by atoms with Crippen LogP contribution in [0.15, 0.2) is 109 Å². The van der Waals surface area contributed by atoms with Gasteiger partial charge in [-0.3, -0.25) is 0 Å². The Hall–Kier alpha value is -3.88. The molecule has 2 nitrogen and oxygen atoms in total. The van der Waals surface area contributed by atoms with Crippen LogP contribution in [0.4, 0.5) is 0 Å². The van der Waals surface area contributed by atoms with Crippen LogP contribution >= 0.6 is 0 Å². The minimum absolute atomic E-state index is 0.764. The van der Waals surface area contributed by atoms with E-state index in [1.807, 2.05) is 72.8 Å². The Morgan fingerprint density at radius 2 is 1.31 bits per heavy atom. The second kappa shape index (κ2) is 8.33. The molecular formula is C30H25NO. The third-order valence-corrected chi connectivity index (χ3v) is 5.98. The van der Waals surface area contributed by atoms with Crippen molar-refractivity contribution in [3.8, 4) is 0 Å². The van der Waals surface area contributed by atoms with Crippen LogP contribution in [0.3, 0.4) is 0 Å². The quantitative estimate of drug-likeness (QED) is 0.321. The lowest BCUT2D eigenvalue weighted by Gasteiger charge is -2.29. The van der Waals surface area contributed by atoms with Gasteiger partial charge >= 0.3 is 0 Å². The summed E-state index contributed by atoms with van der Waals surface area (Å²) in [5, 5.41) is 13.5. The summed E-state index contributed by atoms with van der Waals surface area (Å²) in [4.78, 5) is 3.55. The van der Waals surface area contributed by atoms with Crippen molar-refractivity contribution in [2.75, 3.05) is 0 Å². The van der Waals surface area contributed by atoms with Gasteiger partial charge < -0.3 is 10.1 Å². The molecule has 1 heterocycles. The van der Waals surface area contributed by atoms with Crippen molar-refractivity contribution >= 4 is 23.1 Å². The third kappa shape index (κ3) is 3.55. The third-order valence-electron chi connectivity index (χ3n) is 5.98. The van der Waals surface area contributed by atoms with E-state index in [0.29, 0.717) is 0 Å². The summed E-state index contributed by atoms with van der Waals surface area (Å²) in [6.07, 6.45) is 4.22. The summed E-state index contributed by atoms with van der Waals surface area (Å²) in [6.45, 7) is 2.10. The number of para-hydroxylation sites is 1. The van der Waals surface area contributed by atoms with Crippen molar-refractivity contribution in [1.29, 1.82) is 0 Å². The highest BCUT2D eigenvalue weighted by atomic mass is 16.3. The molecule has 0 spiro atoms. The zero-order chi connectivity index (χ0) is 22.0. The second-order valence-corrected chi connectivity index (χ2v) is 8.15. The van der Waals surface area contributed by atoms with Gasteiger partial charge in [-0.15, -0.1) is 0 Å². The first-order valence-corrected chi connectivity index (χ1v) is 10.9. The van der Waals surface area contributed by atoms with Crippen molar-refractivity contribution in [3.05, 3.63) is 143 Å². The van der Waals surface area contributed by atoms with Gasteiger partial charge in [0.2, 0.25) is 0 Å². The Kier molecular flexibility index (Phi) is 5.22. The van der Waals surface area contributed by atoms with Gasteiger partial charge in [-0.25, -0.2) is 0 Å². The molecule has 0 unspecified atom stereocenters. The average Bonchev–Trinajstić information content (AvgIpc) is 3.22. The normalized spacial score (nSPS) is 11.9. The van der Waals surface area contributed by atoms with Gasteiger partial charge in [-0.05, 0) is 29.7 Å². The standard InChI is InChI=1S/C30H25NO/c1-22-11-10-12-23(21-22)19-20-27-26-17-8-9-18-28(26)31-29(27)30(32,24-13-4-2-5-14-24)25-15-6-3-7-16-25/h2-21,31-32H,1H3. The maximum atomic E-state index is 12.4. The molecule has 1 aromatic heterocycles. The van der Waals surface area contributed by atoms with Gasteiger partial charge in [-0.2, -0.15) is 0 Å². The lowest BCUT2D eigenvalue weighted by Crippen LogP contribution is -2.30. The summed E-state index contributed by atoms with van der Waals surface area (Å²) < 4.78 is 0. The summed E-state index contributed by atoms with van der Waals surface area (Å²) in [7, 11) is 0. The number of H-pyrrole nitrogens is 1. The minimum Gasteiger partial charge on any atom is -0.375 e. The maximum absolute atomic E-state index is 12.4. The Morgan fingerprint density at radius 1 is 0.688 bits per heavy atom. The van der Waals surface area contributed by atoms with E-state index in [0.717, 1.165) is 38.9 Å². The molecule has 32 heavy (non-hydrogen) atoms. The molecule has 0 saturated heterocycles. The summed E-state index contributed by atoms with van der Waals surface area (Å²) in [5.74, 6) is 0. The van der Waals surface area contributed by atoms with E-state index in [1.54, 1.807) is 0 Å². The fraction of sp³-hybridized carbons (Fsp3) is 0.0667. The van der Waals surface area contributed by atoms with Crippen molar-refractivity contribution in [3.63, 3.8) is 0 Å². The van der Waals surface area contributed by atoms with Gasteiger partial charge in [0, 0.05) is 16.5 Å². The molecule has 0 atom stereocenters. The van der Waals surface area contributed by atoms with E-state index >= 15 is 0 Å². The van der Waals surface area contributed by atoms with Gasteiger partial charge in [0.1, 0.15) is 0 Å². The number of rotatable bonds is 5. The molecule has 0 aliphatic rings. The fourth-order valence-electron chi connectivity index (χ4n) is 4.39. The molecule has 0 aliphatic heterocycles. The highest BCUT2D eigenvalue weighted by Crippen LogP contribution is 2.40. The van der Waals surface area contributed by atoms with E-state index < -0.39 is 5.60 Å². The van der Waals surface area contributed by atoms with Gasteiger partial charge in [-0.1, -0.05) is 121 Å². The minimum atomic E-state index is -1.33. The van der Waals surface area contributed by atoms with Crippen molar-refractivity contribution in [2.24, 2.45) is 0 Å². The summed E-state index contributed by atoms with van der Waals surface area (Å²) >= 11 is 0. The number of benzene rings is 4. The van der Waals surface area contributed by atoms with E-state index in [-0.39, 0.29) is 0 Å². The van der Waals surface area contributed by atoms with E-state index in [1.165, 1.54) is 5.56 Å². The van der Waals surface area contributed by atoms with Gasteiger partial charge in [0.25, 0.3) is 0 Å². The van der Waals surface area contributed by atoms with Crippen LogP contribution in [-0.4, -0.2) is 10.1 Å². The van der Waals surface area contributed by atoms with Gasteiger partial charge in [0.15, 0.2) is 5.60 Å². The fourth-order valence-corrected chi connectivity index (χ4v) is 4.39. The van der Waals surface area contributed by atoms with Crippen LogP contribution in [0.2, 0.25) is 0 Å². The molecule has 0 aliphatic carbocycles. The number of aromatic nitrogens is 1. The average molecular weight is 416 g/mol.